The molecule has 2 atom stereocenters. The number of rotatable bonds is 6. The van der Waals surface area contributed by atoms with Crippen molar-refractivity contribution in [1.82, 2.24) is 20.1 Å². The second-order valence-corrected chi connectivity index (χ2v) is 10.8. The van der Waals surface area contributed by atoms with Crippen LogP contribution in [0.3, 0.4) is 0 Å². The van der Waals surface area contributed by atoms with Gasteiger partial charge in [-0.2, -0.15) is 0 Å². The Kier molecular flexibility index (Phi) is 6.84. The van der Waals surface area contributed by atoms with Crippen LogP contribution in [0, 0.1) is 0 Å². The number of thiocarbonyl (C=S) groups is 1. The van der Waals surface area contributed by atoms with Gasteiger partial charge in [0.15, 0.2) is 5.11 Å². The lowest BCUT2D eigenvalue weighted by atomic mass is 9.86. The van der Waals surface area contributed by atoms with Crippen LogP contribution in [-0.2, 0) is 4.74 Å². The molecule has 0 spiro atoms. The lowest BCUT2D eigenvalue weighted by Gasteiger charge is -2.41. The van der Waals surface area contributed by atoms with Gasteiger partial charge in [0.1, 0.15) is 0 Å². The molecule has 2 aromatic rings. The van der Waals surface area contributed by atoms with Crippen molar-refractivity contribution in [3.63, 3.8) is 0 Å². The van der Waals surface area contributed by atoms with Crippen LogP contribution in [0.2, 0.25) is 0 Å². The van der Waals surface area contributed by atoms with E-state index in [1.807, 2.05) is 12.3 Å². The summed E-state index contributed by atoms with van der Waals surface area (Å²) in [6.45, 7) is 12.4. The van der Waals surface area contributed by atoms with Crippen molar-refractivity contribution in [1.29, 1.82) is 0 Å². The van der Waals surface area contributed by atoms with Gasteiger partial charge in [-0.3, -0.25) is 9.88 Å². The zero-order valence-corrected chi connectivity index (χ0v) is 22.1. The molecule has 0 saturated carbocycles. The molecule has 0 radical (unpaired) electrons. The number of allylic oxidation sites excluding steroid dienone is 1. The topological polar surface area (TPSA) is 43.9 Å². The second kappa shape index (κ2) is 9.88. The van der Waals surface area contributed by atoms with Crippen LogP contribution >= 0.6 is 12.2 Å². The Morgan fingerprint density at radius 2 is 1.94 bits per heavy atom. The SMILES string of the molecule is CC1=CC(C)(C)N(C)c2ccc([C@@H]3[C@H](c4ccccn4)NC(=S)N3CCCN3CCOCC3)cc21. The Balaban J connectivity index is 1.45. The number of morpholine rings is 1. The van der Waals surface area contributed by atoms with Crippen LogP contribution in [0.5, 0.6) is 0 Å². The number of hydrogen-bond acceptors (Lipinski definition) is 5. The lowest BCUT2D eigenvalue weighted by Crippen LogP contribution is -2.42. The van der Waals surface area contributed by atoms with Crippen molar-refractivity contribution >= 4 is 28.6 Å². The summed E-state index contributed by atoms with van der Waals surface area (Å²) in [5, 5.41) is 4.42. The zero-order valence-electron chi connectivity index (χ0n) is 21.3. The number of benzene rings is 1. The van der Waals surface area contributed by atoms with Gasteiger partial charge < -0.3 is 19.9 Å². The third kappa shape index (κ3) is 4.82. The van der Waals surface area contributed by atoms with E-state index in [2.05, 4.69) is 84.2 Å². The van der Waals surface area contributed by atoms with Crippen LogP contribution in [0.1, 0.15) is 56.1 Å². The Morgan fingerprint density at radius 3 is 2.69 bits per heavy atom. The van der Waals surface area contributed by atoms with Crippen molar-refractivity contribution in [3.8, 4) is 0 Å². The molecular weight excluding hydrogens is 454 g/mol. The largest absolute Gasteiger partial charge is 0.379 e. The van der Waals surface area contributed by atoms with Crippen LogP contribution in [0.15, 0.2) is 48.7 Å². The van der Waals surface area contributed by atoms with Crippen molar-refractivity contribution < 1.29 is 4.74 Å². The van der Waals surface area contributed by atoms with E-state index >= 15 is 0 Å². The number of anilines is 1. The monoisotopic (exact) mass is 491 g/mol. The molecule has 35 heavy (non-hydrogen) atoms. The third-order valence-corrected chi connectivity index (χ3v) is 8.11. The fraction of sp³-hybridized carbons (Fsp3) is 0.500. The molecule has 1 aromatic heterocycles. The highest BCUT2D eigenvalue weighted by Gasteiger charge is 2.40. The molecule has 2 fully saturated rings. The lowest BCUT2D eigenvalue weighted by molar-refractivity contribution is 0.0365. The van der Waals surface area contributed by atoms with Crippen molar-refractivity contribution in [3.05, 3.63) is 65.5 Å². The Bertz CT molecular complexity index is 1100. The second-order valence-electron chi connectivity index (χ2n) is 10.4. The quantitative estimate of drug-likeness (QED) is 0.601. The average Bonchev–Trinajstić information content (AvgIpc) is 3.19. The number of fused-ring (bicyclic) bond motifs is 1. The molecule has 2 saturated heterocycles. The Hall–Kier alpha value is -2.48. The van der Waals surface area contributed by atoms with Gasteiger partial charge >= 0.3 is 0 Å². The van der Waals surface area contributed by atoms with Gasteiger partial charge in [-0.15, -0.1) is 0 Å². The molecule has 3 aliphatic heterocycles. The molecule has 0 amide bonds. The van der Waals surface area contributed by atoms with Gasteiger partial charge in [-0.25, -0.2) is 0 Å². The Morgan fingerprint density at radius 1 is 1.14 bits per heavy atom. The van der Waals surface area contributed by atoms with E-state index in [1.54, 1.807) is 0 Å². The molecule has 1 aromatic carbocycles. The van der Waals surface area contributed by atoms with Gasteiger partial charge in [0.2, 0.25) is 0 Å². The van der Waals surface area contributed by atoms with E-state index in [9.17, 15) is 0 Å². The standard InChI is InChI=1S/C28H37N5OS/c1-20-19-28(2,3)31(4)24-10-9-21(18-22(20)24)26-25(23-8-5-6-11-29-23)30-27(35)33(26)13-7-12-32-14-16-34-17-15-32/h5-6,8-11,18-19,25-26H,7,12-17H2,1-4H3,(H,30,35)/t25-,26+/m0/s1. The fourth-order valence-electron chi connectivity index (χ4n) is 5.66. The smallest absolute Gasteiger partial charge is 0.170 e. The first-order valence-corrected chi connectivity index (χ1v) is 13.1. The van der Waals surface area contributed by atoms with Gasteiger partial charge in [-0.1, -0.05) is 18.2 Å². The number of nitrogens with one attached hydrogen (secondary N) is 1. The maximum absolute atomic E-state index is 5.89. The van der Waals surface area contributed by atoms with Gasteiger partial charge in [0.25, 0.3) is 0 Å². The first kappa shape index (κ1) is 24.2. The van der Waals surface area contributed by atoms with Crippen molar-refractivity contribution in [2.45, 2.75) is 44.8 Å². The van der Waals surface area contributed by atoms with Crippen LogP contribution in [-0.4, -0.2) is 71.9 Å². The molecule has 6 nitrogen and oxygen atoms in total. The molecule has 4 heterocycles. The number of nitrogens with zero attached hydrogens (tertiary/aromatic N) is 4. The first-order chi connectivity index (χ1) is 16.8. The first-order valence-electron chi connectivity index (χ1n) is 12.7. The normalized spacial score (nSPS) is 24.2. The summed E-state index contributed by atoms with van der Waals surface area (Å²) in [6.07, 6.45) is 5.30. The summed E-state index contributed by atoms with van der Waals surface area (Å²) in [6, 6.07) is 13.2. The number of hydrogen-bond donors (Lipinski definition) is 1. The number of pyridine rings is 1. The van der Waals surface area contributed by atoms with E-state index in [4.69, 9.17) is 21.9 Å². The number of likely N-dealkylation sites (N-methyl/N-ethyl adjacent to an activating group) is 1. The maximum atomic E-state index is 5.89. The van der Waals surface area contributed by atoms with Crippen LogP contribution in [0.4, 0.5) is 5.69 Å². The van der Waals surface area contributed by atoms with Crippen LogP contribution < -0.4 is 10.2 Å². The minimum absolute atomic E-state index is 0.00288. The summed E-state index contributed by atoms with van der Waals surface area (Å²) < 4.78 is 5.51. The fourth-order valence-corrected chi connectivity index (χ4v) is 5.99. The van der Waals surface area contributed by atoms with Crippen LogP contribution in [0.25, 0.3) is 5.57 Å². The molecule has 1 N–H and O–H groups in total. The minimum Gasteiger partial charge on any atom is -0.379 e. The zero-order chi connectivity index (χ0) is 24.6. The minimum atomic E-state index is -0.00288. The van der Waals surface area contributed by atoms with Crippen molar-refractivity contribution in [2.75, 3.05) is 51.3 Å². The summed E-state index contributed by atoms with van der Waals surface area (Å²) in [4.78, 5) is 11.9. The highest BCUT2D eigenvalue weighted by atomic mass is 32.1. The molecule has 5 rings (SSSR count). The Labute approximate surface area is 215 Å². The van der Waals surface area contributed by atoms with Gasteiger partial charge in [0, 0.05) is 50.7 Å². The summed E-state index contributed by atoms with van der Waals surface area (Å²) in [7, 11) is 2.18. The van der Waals surface area contributed by atoms with E-state index in [-0.39, 0.29) is 17.6 Å². The van der Waals surface area contributed by atoms with Gasteiger partial charge in [0.05, 0.1) is 36.5 Å². The van der Waals surface area contributed by atoms with E-state index in [0.717, 1.165) is 56.6 Å². The van der Waals surface area contributed by atoms with Crippen molar-refractivity contribution in [2.24, 2.45) is 0 Å². The molecule has 7 heteroatoms. The molecular formula is C28H37N5OS. The number of aromatic nitrogens is 1. The summed E-state index contributed by atoms with van der Waals surface area (Å²) >= 11 is 5.89. The summed E-state index contributed by atoms with van der Waals surface area (Å²) in [5.74, 6) is 0. The van der Waals surface area contributed by atoms with E-state index < -0.39 is 0 Å². The molecule has 186 valence electrons. The predicted octanol–water partition coefficient (Wildman–Crippen LogP) is 4.41. The third-order valence-electron chi connectivity index (χ3n) is 7.76. The molecule has 3 aliphatic rings. The average molecular weight is 492 g/mol. The predicted molar refractivity (Wildman–Crippen MR) is 147 cm³/mol. The van der Waals surface area contributed by atoms with E-state index in [0.29, 0.717) is 0 Å². The molecule has 0 bridgehead atoms. The highest BCUT2D eigenvalue weighted by Crippen LogP contribution is 2.43. The van der Waals surface area contributed by atoms with E-state index in [1.165, 1.54) is 22.4 Å². The highest BCUT2D eigenvalue weighted by molar-refractivity contribution is 7.80. The molecule has 0 unspecified atom stereocenters. The van der Waals surface area contributed by atoms with Gasteiger partial charge in [-0.05, 0) is 74.8 Å². The maximum Gasteiger partial charge on any atom is 0.170 e. The number of ether oxygens (including phenoxy) is 1. The summed E-state index contributed by atoms with van der Waals surface area (Å²) in [5.41, 5.74) is 6.21. The molecule has 0 aliphatic carbocycles.